The number of anilines is 4. The fraction of sp³-hybridized carbons (Fsp3) is 0.161. The smallest absolute Gasteiger partial charge is 0.255 e. The van der Waals surface area contributed by atoms with Crippen molar-refractivity contribution >= 4 is 28.9 Å². The molecule has 5 aromatic rings. The molecule has 1 aliphatic rings. The van der Waals surface area contributed by atoms with Crippen molar-refractivity contribution in [3.8, 4) is 22.5 Å². The zero-order valence-corrected chi connectivity index (χ0v) is 22.2. The summed E-state index contributed by atoms with van der Waals surface area (Å²) in [4.78, 5) is 26.5. The van der Waals surface area contributed by atoms with Gasteiger partial charge in [-0.25, -0.2) is 9.97 Å². The van der Waals surface area contributed by atoms with Crippen LogP contribution >= 0.6 is 0 Å². The van der Waals surface area contributed by atoms with Gasteiger partial charge in [-0.1, -0.05) is 36.4 Å². The van der Waals surface area contributed by atoms with Crippen LogP contribution in [0, 0.1) is 0 Å². The molecule has 0 bridgehead atoms. The molecule has 0 unspecified atom stereocenters. The number of nitrogens with one attached hydrogen (secondary N) is 3. The predicted molar refractivity (Wildman–Crippen MR) is 159 cm³/mol. The number of piperazine rings is 1. The van der Waals surface area contributed by atoms with Gasteiger partial charge in [0.05, 0.1) is 17.6 Å². The second-order valence-corrected chi connectivity index (χ2v) is 9.79. The third-order valence-electron chi connectivity index (χ3n) is 7.01. The largest absolute Gasteiger partial charge is 0.369 e. The summed E-state index contributed by atoms with van der Waals surface area (Å²) in [6.07, 6.45) is 3.51. The fourth-order valence-corrected chi connectivity index (χ4v) is 4.76. The van der Waals surface area contributed by atoms with Crippen LogP contribution in [-0.2, 0) is 0 Å². The van der Waals surface area contributed by atoms with E-state index in [0.29, 0.717) is 17.2 Å². The molecule has 0 atom stereocenters. The molecule has 6 rings (SSSR count). The second kappa shape index (κ2) is 11.4. The third kappa shape index (κ3) is 5.69. The second-order valence-electron chi connectivity index (χ2n) is 9.79. The highest BCUT2D eigenvalue weighted by molar-refractivity contribution is 6.04. The Bertz CT molecular complexity index is 1590. The highest BCUT2D eigenvalue weighted by atomic mass is 16.1. The van der Waals surface area contributed by atoms with E-state index >= 15 is 0 Å². The monoisotopic (exact) mass is 530 g/mol. The number of hydrogen-bond donors (Lipinski definition) is 3. The molecule has 3 heterocycles. The van der Waals surface area contributed by atoms with E-state index in [4.69, 9.17) is 4.98 Å². The van der Waals surface area contributed by atoms with Crippen LogP contribution in [0.4, 0.5) is 23.0 Å². The van der Waals surface area contributed by atoms with Crippen molar-refractivity contribution in [1.82, 2.24) is 25.1 Å². The Morgan fingerprint density at radius 1 is 0.875 bits per heavy atom. The van der Waals surface area contributed by atoms with Gasteiger partial charge < -0.3 is 20.4 Å². The zero-order chi connectivity index (χ0) is 27.3. The summed E-state index contributed by atoms with van der Waals surface area (Å²) in [5.74, 6) is 0.366. The van der Waals surface area contributed by atoms with Gasteiger partial charge in [-0.15, -0.1) is 0 Å². The van der Waals surface area contributed by atoms with Gasteiger partial charge in [0.1, 0.15) is 0 Å². The zero-order valence-electron chi connectivity index (χ0n) is 22.2. The van der Waals surface area contributed by atoms with E-state index in [2.05, 4.69) is 60.9 Å². The average Bonchev–Trinajstić information content (AvgIpc) is 3.49. The lowest BCUT2D eigenvalue weighted by Gasteiger charge is -2.34. The standard InChI is InChI=1S/C31H30N8O/c1-38-16-18-39(19-17-38)26-9-5-8-25(20-26)35-31-32-15-14-28(36-31)27-21-33-37-29(27)22-10-12-24(13-11-22)34-30(40)23-6-3-2-4-7-23/h2-15,20-21H,16-19H2,1H3,(H,33,37)(H,34,40)(H,32,35,36). The van der Waals surface area contributed by atoms with Crippen molar-refractivity contribution in [2.75, 3.05) is 48.8 Å². The summed E-state index contributed by atoms with van der Waals surface area (Å²) in [5.41, 5.74) is 6.83. The van der Waals surface area contributed by atoms with Gasteiger partial charge in [0.2, 0.25) is 5.95 Å². The van der Waals surface area contributed by atoms with E-state index in [1.807, 2.05) is 54.6 Å². The molecule has 0 spiro atoms. The Labute approximate surface area is 232 Å². The van der Waals surface area contributed by atoms with Crippen molar-refractivity contribution in [3.05, 3.63) is 103 Å². The van der Waals surface area contributed by atoms with Crippen LogP contribution in [0.3, 0.4) is 0 Å². The Morgan fingerprint density at radius 3 is 2.48 bits per heavy atom. The van der Waals surface area contributed by atoms with Gasteiger partial charge in [-0.2, -0.15) is 5.10 Å². The molecule has 9 nitrogen and oxygen atoms in total. The van der Waals surface area contributed by atoms with E-state index < -0.39 is 0 Å². The molecular weight excluding hydrogens is 500 g/mol. The van der Waals surface area contributed by atoms with Crippen LogP contribution in [0.15, 0.2) is 97.3 Å². The molecule has 1 saturated heterocycles. The Hall–Kier alpha value is -5.02. The minimum absolute atomic E-state index is 0.148. The van der Waals surface area contributed by atoms with Crippen molar-refractivity contribution < 1.29 is 4.79 Å². The number of aromatic amines is 1. The van der Waals surface area contributed by atoms with Crippen LogP contribution < -0.4 is 15.5 Å². The summed E-state index contributed by atoms with van der Waals surface area (Å²) in [5, 5.41) is 13.7. The number of aromatic nitrogens is 4. The van der Waals surface area contributed by atoms with Crippen molar-refractivity contribution in [1.29, 1.82) is 0 Å². The molecule has 0 saturated carbocycles. The van der Waals surface area contributed by atoms with Gasteiger partial charge in [0, 0.05) is 66.1 Å². The maximum absolute atomic E-state index is 12.5. The van der Waals surface area contributed by atoms with Crippen LogP contribution in [0.2, 0.25) is 0 Å². The molecule has 3 N–H and O–H groups in total. The topological polar surface area (TPSA) is 102 Å². The van der Waals surface area contributed by atoms with E-state index in [1.165, 1.54) is 5.69 Å². The highest BCUT2D eigenvalue weighted by Crippen LogP contribution is 2.31. The Morgan fingerprint density at radius 2 is 1.68 bits per heavy atom. The minimum Gasteiger partial charge on any atom is -0.369 e. The predicted octanol–water partition coefficient (Wildman–Crippen LogP) is 5.28. The molecule has 1 amide bonds. The summed E-state index contributed by atoms with van der Waals surface area (Å²) in [6.45, 7) is 4.13. The molecule has 0 radical (unpaired) electrons. The van der Waals surface area contributed by atoms with Crippen LogP contribution in [-0.4, -0.2) is 64.2 Å². The van der Waals surface area contributed by atoms with E-state index in [9.17, 15) is 4.79 Å². The summed E-state index contributed by atoms with van der Waals surface area (Å²) < 4.78 is 0. The number of nitrogens with zero attached hydrogens (tertiary/aromatic N) is 5. The molecule has 2 aromatic heterocycles. The van der Waals surface area contributed by atoms with Gasteiger partial charge in [-0.05, 0) is 55.6 Å². The molecule has 3 aromatic carbocycles. The van der Waals surface area contributed by atoms with E-state index in [1.54, 1.807) is 24.5 Å². The van der Waals surface area contributed by atoms with E-state index in [-0.39, 0.29) is 5.91 Å². The van der Waals surface area contributed by atoms with Crippen molar-refractivity contribution in [2.45, 2.75) is 0 Å². The van der Waals surface area contributed by atoms with Crippen molar-refractivity contribution in [2.24, 2.45) is 0 Å². The number of likely N-dealkylation sites (N-methyl/N-ethyl adjacent to an activating group) is 1. The average molecular weight is 531 g/mol. The molecule has 9 heteroatoms. The van der Waals surface area contributed by atoms with Crippen LogP contribution in [0.25, 0.3) is 22.5 Å². The number of carbonyl (C=O) groups excluding carboxylic acids is 1. The lowest BCUT2D eigenvalue weighted by atomic mass is 10.1. The number of amides is 1. The maximum Gasteiger partial charge on any atom is 0.255 e. The number of carbonyl (C=O) groups is 1. The lowest BCUT2D eigenvalue weighted by molar-refractivity contribution is 0.102. The molecule has 0 aliphatic carbocycles. The Kier molecular flexibility index (Phi) is 7.19. The number of benzene rings is 3. The van der Waals surface area contributed by atoms with Gasteiger partial charge >= 0.3 is 0 Å². The number of hydrogen-bond acceptors (Lipinski definition) is 7. The first-order chi connectivity index (χ1) is 19.6. The van der Waals surface area contributed by atoms with Crippen LogP contribution in [0.1, 0.15) is 10.4 Å². The first kappa shape index (κ1) is 25.3. The fourth-order valence-electron chi connectivity index (χ4n) is 4.76. The summed E-state index contributed by atoms with van der Waals surface area (Å²) in [6, 6.07) is 27.0. The van der Waals surface area contributed by atoms with Gasteiger partial charge in [0.15, 0.2) is 0 Å². The van der Waals surface area contributed by atoms with Gasteiger partial charge in [-0.3, -0.25) is 9.89 Å². The molecule has 1 aliphatic heterocycles. The molecule has 200 valence electrons. The third-order valence-corrected chi connectivity index (χ3v) is 7.01. The molecular formula is C31H30N8O. The lowest BCUT2D eigenvalue weighted by Crippen LogP contribution is -2.44. The first-order valence-electron chi connectivity index (χ1n) is 13.3. The summed E-state index contributed by atoms with van der Waals surface area (Å²) in [7, 11) is 2.16. The van der Waals surface area contributed by atoms with Crippen LogP contribution in [0.5, 0.6) is 0 Å². The minimum atomic E-state index is -0.148. The SMILES string of the molecule is CN1CCN(c2cccc(Nc3nccc(-c4cn[nH]c4-c4ccc(NC(=O)c5ccccc5)cc4)n3)c2)CC1. The molecule has 40 heavy (non-hydrogen) atoms. The first-order valence-corrected chi connectivity index (χ1v) is 13.3. The number of H-pyrrole nitrogens is 1. The number of rotatable bonds is 7. The Balaban J connectivity index is 1.17. The van der Waals surface area contributed by atoms with Gasteiger partial charge in [0.25, 0.3) is 5.91 Å². The molecule has 1 fully saturated rings. The summed E-state index contributed by atoms with van der Waals surface area (Å²) >= 11 is 0. The highest BCUT2D eigenvalue weighted by Gasteiger charge is 2.16. The quantitative estimate of drug-likeness (QED) is 0.263. The maximum atomic E-state index is 12.5. The van der Waals surface area contributed by atoms with Crippen molar-refractivity contribution in [3.63, 3.8) is 0 Å². The normalized spacial score (nSPS) is 13.7. The van der Waals surface area contributed by atoms with E-state index in [0.717, 1.165) is 54.4 Å².